The number of hydrogen-bond acceptors (Lipinski definition) is 7. The van der Waals surface area contributed by atoms with Crippen molar-refractivity contribution in [2.45, 2.75) is 25.3 Å². The van der Waals surface area contributed by atoms with E-state index in [0.717, 1.165) is 6.26 Å². The topological polar surface area (TPSA) is 111 Å². The lowest BCUT2D eigenvalue weighted by Gasteiger charge is -2.33. The molecule has 2 heterocycles. The van der Waals surface area contributed by atoms with E-state index in [2.05, 4.69) is 10.1 Å². The third kappa shape index (κ3) is 3.00. The van der Waals surface area contributed by atoms with E-state index in [1.807, 2.05) is 13.8 Å². The van der Waals surface area contributed by atoms with Crippen molar-refractivity contribution in [1.29, 1.82) is 0 Å². The summed E-state index contributed by atoms with van der Waals surface area (Å²) in [5.41, 5.74) is -0.578. The van der Waals surface area contributed by atoms with Crippen molar-refractivity contribution >= 4 is 33.3 Å². The molecule has 0 saturated heterocycles. The Morgan fingerprint density at radius 1 is 1.40 bits per heavy atom. The Hall–Kier alpha value is -2.75. The van der Waals surface area contributed by atoms with Crippen molar-refractivity contribution in [3.63, 3.8) is 0 Å². The quantitative estimate of drug-likeness (QED) is 0.608. The summed E-state index contributed by atoms with van der Waals surface area (Å²) in [7, 11) is -3.74. The lowest BCUT2D eigenvalue weighted by Crippen LogP contribution is -2.41. The average molecular weight is 364 g/mol. The molecular formula is C15H17N5O4S. The van der Waals surface area contributed by atoms with Crippen molar-refractivity contribution < 1.29 is 14.7 Å². The number of hydrogen-bond donors (Lipinski definition) is 0. The first-order valence-electron chi connectivity index (χ1n) is 7.96. The molecule has 1 aliphatic heterocycles. The van der Waals surface area contributed by atoms with E-state index < -0.39 is 20.3 Å². The molecule has 0 spiro atoms. The molecule has 25 heavy (non-hydrogen) atoms. The van der Waals surface area contributed by atoms with Crippen LogP contribution in [0.1, 0.15) is 26.7 Å². The molecule has 0 radical (unpaired) electrons. The Balaban J connectivity index is 2.31. The van der Waals surface area contributed by atoms with Gasteiger partial charge in [0.25, 0.3) is 5.69 Å². The summed E-state index contributed by atoms with van der Waals surface area (Å²) >= 11 is 0. The summed E-state index contributed by atoms with van der Waals surface area (Å²) in [6.45, 7) is 3.82. The van der Waals surface area contributed by atoms with Crippen LogP contribution in [0.25, 0.3) is 0 Å². The van der Waals surface area contributed by atoms with Crippen LogP contribution in [0.5, 0.6) is 0 Å². The highest BCUT2D eigenvalue weighted by molar-refractivity contribution is 7.91. The summed E-state index contributed by atoms with van der Waals surface area (Å²) in [6.07, 6.45) is 2.27. The second-order valence-electron chi connectivity index (χ2n) is 6.02. The molecule has 1 atom stereocenters. The fraction of sp³-hybridized carbons (Fsp3) is 0.333. The van der Waals surface area contributed by atoms with E-state index in [9.17, 15) is 18.5 Å². The molecule has 0 bridgehead atoms. The molecule has 0 fully saturated rings. The predicted molar refractivity (Wildman–Crippen MR) is 94.1 cm³/mol. The van der Waals surface area contributed by atoms with Gasteiger partial charge in [-0.3, -0.25) is 15.0 Å². The maximum atomic E-state index is 12.4. The number of nitro groups is 1. The average Bonchev–Trinajstić information content (AvgIpc) is 2.99. The van der Waals surface area contributed by atoms with Gasteiger partial charge >= 0.3 is 0 Å². The standard InChI is InChI=1S/C15H17N5O4S/c1-10(2)13-8-17-18-9-16-15(25(3,23)24)19(14(13)18)11-5-4-6-12(7-11)20(21)22/h4-10,15H,1-3H3/i9D. The molecule has 0 amide bonds. The second kappa shape index (κ2) is 5.96. The first-order valence-corrected chi connectivity index (χ1v) is 9.42. The van der Waals surface area contributed by atoms with Crippen LogP contribution in [0, 0.1) is 10.1 Å². The molecule has 1 aliphatic rings. The third-order valence-electron chi connectivity index (χ3n) is 3.81. The van der Waals surface area contributed by atoms with Gasteiger partial charge in [-0.25, -0.2) is 18.1 Å². The Bertz CT molecular complexity index is 1010. The van der Waals surface area contributed by atoms with Gasteiger partial charge < -0.3 is 0 Å². The van der Waals surface area contributed by atoms with E-state index in [1.165, 1.54) is 27.8 Å². The largest absolute Gasteiger partial charge is 0.290 e. The van der Waals surface area contributed by atoms with Crippen LogP contribution in [0.3, 0.4) is 0 Å². The second-order valence-corrected chi connectivity index (χ2v) is 8.10. The van der Waals surface area contributed by atoms with Gasteiger partial charge in [0, 0.05) is 24.0 Å². The maximum absolute atomic E-state index is 12.4. The molecule has 0 N–H and O–H groups in total. The van der Waals surface area contributed by atoms with Crippen LogP contribution in [0.15, 0.2) is 35.5 Å². The highest BCUT2D eigenvalue weighted by Gasteiger charge is 2.36. The molecule has 3 rings (SSSR count). The molecule has 9 nitrogen and oxygen atoms in total. The number of nitrogens with zero attached hydrogens (tertiary/aromatic N) is 5. The number of rotatable bonds is 4. The zero-order chi connectivity index (χ0) is 19.2. The molecule has 0 aliphatic carbocycles. The lowest BCUT2D eigenvalue weighted by atomic mass is 10.1. The first-order chi connectivity index (χ1) is 12.1. The molecular weight excluding hydrogens is 346 g/mol. The van der Waals surface area contributed by atoms with Crippen LogP contribution >= 0.6 is 0 Å². The van der Waals surface area contributed by atoms with Crippen molar-refractivity contribution in [3.8, 4) is 0 Å². The Labute approximate surface area is 146 Å². The smallest absolute Gasteiger partial charge is 0.271 e. The van der Waals surface area contributed by atoms with Crippen LogP contribution in [0.4, 0.5) is 17.2 Å². The Morgan fingerprint density at radius 3 is 2.72 bits per heavy atom. The monoisotopic (exact) mass is 364 g/mol. The van der Waals surface area contributed by atoms with E-state index in [-0.39, 0.29) is 23.6 Å². The molecule has 10 heteroatoms. The SMILES string of the molecule is [2H]C1=NC(S(C)(=O)=O)N(c2cccc([N+](=O)[O-])c2)c2c(C(C)C)cnn21. The van der Waals surface area contributed by atoms with E-state index in [4.69, 9.17) is 1.37 Å². The summed E-state index contributed by atoms with van der Waals surface area (Å²) < 4.78 is 34.0. The van der Waals surface area contributed by atoms with Gasteiger partial charge in [-0.1, -0.05) is 19.9 Å². The van der Waals surface area contributed by atoms with E-state index >= 15 is 0 Å². The number of non-ortho nitro benzene ring substituents is 1. The molecule has 2 aromatic rings. The summed E-state index contributed by atoms with van der Waals surface area (Å²) in [6, 6.07) is 5.65. The number of aromatic nitrogens is 2. The number of nitro benzene ring substituents is 1. The van der Waals surface area contributed by atoms with E-state index in [0.29, 0.717) is 11.4 Å². The highest BCUT2D eigenvalue weighted by atomic mass is 32.2. The van der Waals surface area contributed by atoms with Gasteiger partial charge in [0.1, 0.15) is 13.5 Å². The molecule has 1 aromatic carbocycles. The van der Waals surface area contributed by atoms with Gasteiger partial charge in [0.15, 0.2) is 9.84 Å². The van der Waals surface area contributed by atoms with Gasteiger partial charge in [0.2, 0.25) is 5.50 Å². The van der Waals surface area contributed by atoms with Crippen molar-refractivity contribution in [3.05, 3.63) is 46.1 Å². The first kappa shape index (κ1) is 15.8. The van der Waals surface area contributed by atoms with Crippen LogP contribution in [-0.2, 0) is 9.84 Å². The fourth-order valence-electron chi connectivity index (χ4n) is 2.64. The molecule has 1 unspecified atom stereocenters. The number of fused-ring (bicyclic) bond motifs is 1. The van der Waals surface area contributed by atoms with Gasteiger partial charge in [0.05, 0.1) is 16.8 Å². The van der Waals surface area contributed by atoms with Crippen LogP contribution < -0.4 is 4.90 Å². The normalized spacial score (nSPS) is 17.9. The number of sulfone groups is 1. The minimum atomic E-state index is -3.74. The van der Waals surface area contributed by atoms with Gasteiger partial charge in [-0.05, 0) is 12.0 Å². The predicted octanol–water partition coefficient (Wildman–Crippen LogP) is 2.27. The van der Waals surface area contributed by atoms with Crippen LogP contribution in [0.2, 0.25) is 0 Å². The van der Waals surface area contributed by atoms with Crippen molar-refractivity contribution in [2.75, 3.05) is 11.2 Å². The minimum Gasteiger partial charge on any atom is -0.290 e. The molecule has 1 aromatic heterocycles. The molecule has 132 valence electrons. The zero-order valence-electron chi connectivity index (χ0n) is 14.8. The number of aliphatic imine (C=N–C) groups is 1. The van der Waals surface area contributed by atoms with Crippen LogP contribution in [-0.4, -0.2) is 41.2 Å². The minimum absolute atomic E-state index is 0.00828. The number of anilines is 2. The summed E-state index contributed by atoms with van der Waals surface area (Å²) in [4.78, 5) is 15.9. The van der Waals surface area contributed by atoms with Gasteiger partial charge in [-0.2, -0.15) is 5.10 Å². The highest BCUT2D eigenvalue weighted by Crippen LogP contribution is 2.38. The molecule has 0 saturated carbocycles. The Morgan fingerprint density at radius 2 is 2.12 bits per heavy atom. The summed E-state index contributed by atoms with van der Waals surface area (Å²) in [5.74, 6) is 0.363. The third-order valence-corrected chi connectivity index (χ3v) is 4.89. The van der Waals surface area contributed by atoms with Gasteiger partial charge in [-0.15, -0.1) is 0 Å². The van der Waals surface area contributed by atoms with Crippen molar-refractivity contribution in [1.82, 2.24) is 9.78 Å². The lowest BCUT2D eigenvalue weighted by molar-refractivity contribution is -0.384. The van der Waals surface area contributed by atoms with Crippen molar-refractivity contribution in [2.24, 2.45) is 4.99 Å². The zero-order valence-corrected chi connectivity index (χ0v) is 14.6. The summed E-state index contributed by atoms with van der Waals surface area (Å²) in [5, 5.41) is 15.3. The fourth-order valence-corrected chi connectivity index (χ4v) is 3.48. The Kier molecular flexibility index (Phi) is 3.75. The van der Waals surface area contributed by atoms with E-state index in [1.54, 1.807) is 12.3 Å². The maximum Gasteiger partial charge on any atom is 0.271 e. The number of benzene rings is 1.